The molecule has 112 valence electrons. The summed E-state index contributed by atoms with van der Waals surface area (Å²) < 4.78 is 5.38. The van der Waals surface area contributed by atoms with Crippen molar-refractivity contribution in [2.24, 2.45) is 0 Å². The average Bonchev–Trinajstić information content (AvgIpc) is 2.76. The number of aliphatic hydroxyl groups is 1. The van der Waals surface area contributed by atoms with Crippen LogP contribution in [0.25, 0.3) is 0 Å². The van der Waals surface area contributed by atoms with E-state index in [9.17, 15) is 14.7 Å². The summed E-state index contributed by atoms with van der Waals surface area (Å²) in [6, 6.07) is 4.73. The maximum absolute atomic E-state index is 12.0. The Morgan fingerprint density at radius 3 is 2.76 bits per heavy atom. The minimum absolute atomic E-state index is 0.00777. The summed E-state index contributed by atoms with van der Waals surface area (Å²) in [4.78, 5) is 25.9. The Hall–Kier alpha value is -2.34. The Kier molecular flexibility index (Phi) is 3.99. The molecule has 0 unspecified atom stereocenters. The zero-order valence-corrected chi connectivity index (χ0v) is 12.2. The van der Waals surface area contributed by atoms with E-state index in [1.165, 1.54) is 12.3 Å². The molecule has 0 saturated carbocycles. The number of furan rings is 1. The molecule has 0 spiro atoms. The van der Waals surface area contributed by atoms with Crippen LogP contribution in [-0.2, 0) is 5.60 Å². The molecule has 0 bridgehead atoms. The molecular formula is C15H18N2O4. The molecule has 0 saturated heterocycles. The largest absolute Gasteiger partial charge is 0.466 e. The number of carbonyl (C=O) groups excluding carboxylic acids is 1. The lowest BCUT2D eigenvalue weighted by Crippen LogP contribution is -2.40. The van der Waals surface area contributed by atoms with Crippen LogP contribution in [-0.4, -0.2) is 22.5 Å². The number of amides is 1. The molecule has 6 heteroatoms. The van der Waals surface area contributed by atoms with Gasteiger partial charge in [-0.2, -0.15) is 0 Å². The number of aromatic amines is 1. The van der Waals surface area contributed by atoms with E-state index < -0.39 is 17.1 Å². The molecule has 2 aromatic heterocycles. The first-order valence-electron chi connectivity index (χ1n) is 6.57. The summed E-state index contributed by atoms with van der Waals surface area (Å²) in [5.41, 5.74) is -1.13. The number of H-pyrrole nitrogens is 1. The summed E-state index contributed by atoms with van der Waals surface area (Å²) in [6.45, 7) is 5.09. The third-order valence-corrected chi connectivity index (χ3v) is 3.28. The molecule has 0 radical (unpaired) electrons. The van der Waals surface area contributed by atoms with Gasteiger partial charge in [0.15, 0.2) is 0 Å². The van der Waals surface area contributed by atoms with Crippen molar-refractivity contribution in [1.82, 2.24) is 10.3 Å². The van der Waals surface area contributed by atoms with Crippen molar-refractivity contribution in [3.8, 4) is 0 Å². The van der Waals surface area contributed by atoms with Crippen molar-refractivity contribution in [1.29, 1.82) is 0 Å². The maximum atomic E-state index is 12.0. The number of aromatic nitrogens is 1. The smallest absolute Gasteiger partial charge is 0.260 e. The Morgan fingerprint density at radius 2 is 2.19 bits per heavy atom. The van der Waals surface area contributed by atoms with E-state index in [4.69, 9.17) is 4.42 Å². The number of carbonyl (C=O) groups is 1. The van der Waals surface area contributed by atoms with Crippen molar-refractivity contribution < 1.29 is 14.3 Å². The summed E-state index contributed by atoms with van der Waals surface area (Å²) in [6.07, 6.45) is 1.45. The van der Waals surface area contributed by atoms with E-state index in [0.29, 0.717) is 17.1 Å². The average molecular weight is 290 g/mol. The second-order valence-electron chi connectivity index (χ2n) is 5.20. The lowest BCUT2D eigenvalue weighted by Gasteiger charge is -2.23. The van der Waals surface area contributed by atoms with Crippen LogP contribution in [0.2, 0.25) is 0 Å². The molecule has 0 fully saturated rings. The maximum Gasteiger partial charge on any atom is 0.260 e. The lowest BCUT2D eigenvalue weighted by molar-refractivity contribution is 0.0513. The molecule has 2 aromatic rings. The van der Waals surface area contributed by atoms with Gasteiger partial charge in [0.05, 0.1) is 6.54 Å². The van der Waals surface area contributed by atoms with Crippen molar-refractivity contribution in [2.75, 3.05) is 6.54 Å². The highest BCUT2D eigenvalue weighted by Crippen LogP contribution is 2.26. The highest BCUT2D eigenvalue weighted by atomic mass is 16.3. The number of nitrogens with one attached hydrogen (secondary N) is 2. The molecular weight excluding hydrogens is 272 g/mol. The highest BCUT2D eigenvalue weighted by molar-refractivity contribution is 5.93. The summed E-state index contributed by atoms with van der Waals surface area (Å²) in [5.74, 6) is 0.757. The number of rotatable bonds is 4. The molecule has 2 heterocycles. The molecule has 0 aromatic carbocycles. The van der Waals surface area contributed by atoms with Gasteiger partial charge in [-0.25, -0.2) is 0 Å². The van der Waals surface area contributed by atoms with Gasteiger partial charge in [-0.3, -0.25) is 9.59 Å². The summed E-state index contributed by atoms with van der Waals surface area (Å²) >= 11 is 0. The van der Waals surface area contributed by atoms with Crippen LogP contribution < -0.4 is 10.9 Å². The van der Waals surface area contributed by atoms with Crippen molar-refractivity contribution >= 4 is 5.91 Å². The van der Waals surface area contributed by atoms with Gasteiger partial charge in [0.25, 0.3) is 11.5 Å². The lowest BCUT2D eigenvalue weighted by atomic mass is 9.96. The van der Waals surface area contributed by atoms with Crippen molar-refractivity contribution in [3.63, 3.8) is 0 Å². The predicted octanol–water partition coefficient (Wildman–Crippen LogP) is 1.22. The topological polar surface area (TPSA) is 95.3 Å². The number of hydrogen-bond acceptors (Lipinski definition) is 4. The molecule has 6 nitrogen and oxygen atoms in total. The third kappa shape index (κ3) is 3.22. The fraction of sp³-hybridized carbons (Fsp3) is 0.333. The second kappa shape index (κ2) is 5.57. The van der Waals surface area contributed by atoms with Crippen LogP contribution >= 0.6 is 0 Å². The Morgan fingerprint density at radius 1 is 1.48 bits per heavy atom. The Bertz CT molecular complexity index is 712. The van der Waals surface area contributed by atoms with E-state index >= 15 is 0 Å². The van der Waals surface area contributed by atoms with Crippen molar-refractivity contribution in [2.45, 2.75) is 26.4 Å². The minimum atomic E-state index is -1.28. The van der Waals surface area contributed by atoms with Gasteiger partial charge in [-0.05, 0) is 39.0 Å². The standard InChI is InChI=1S/C15H18N2O4/c1-9-7-12(10(2)21-9)15(3,20)8-17-14(19)11-5-4-6-16-13(11)18/h4-7,20H,8H2,1-3H3,(H,16,18)(H,17,19)/t15-/m1/s1. The van der Waals surface area contributed by atoms with Gasteiger partial charge in [-0.15, -0.1) is 0 Å². The first-order valence-corrected chi connectivity index (χ1v) is 6.57. The highest BCUT2D eigenvalue weighted by Gasteiger charge is 2.28. The number of aryl methyl sites for hydroxylation is 2. The number of pyridine rings is 1. The van der Waals surface area contributed by atoms with Gasteiger partial charge >= 0.3 is 0 Å². The zero-order chi connectivity index (χ0) is 15.6. The molecule has 1 amide bonds. The van der Waals surface area contributed by atoms with E-state index in [-0.39, 0.29) is 12.1 Å². The van der Waals surface area contributed by atoms with E-state index in [2.05, 4.69) is 10.3 Å². The summed E-state index contributed by atoms with van der Waals surface area (Å²) in [7, 11) is 0. The van der Waals surface area contributed by atoms with Crippen LogP contribution in [0.5, 0.6) is 0 Å². The first kappa shape index (κ1) is 15.1. The minimum Gasteiger partial charge on any atom is -0.466 e. The van der Waals surface area contributed by atoms with Gasteiger partial charge in [0.2, 0.25) is 0 Å². The number of hydrogen-bond donors (Lipinski definition) is 3. The molecule has 2 rings (SSSR count). The molecule has 0 aliphatic heterocycles. The fourth-order valence-corrected chi connectivity index (χ4v) is 2.21. The van der Waals surface area contributed by atoms with Gasteiger partial charge in [0, 0.05) is 11.8 Å². The molecule has 21 heavy (non-hydrogen) atoms. The van der Waals surface area contributed by atoms with Crippen LogP contribution in [0.4, 0.5) is 0 Å². The quantitative estimate of drug-likeness (QED) is 0.789. The fourth-order valence-electron chi connectivity index (χ4n) is 2.21. The first-order chi connectivity index (χ1) is 9.81. The molecule has 0 aliphatic rings. The van der Waals surface area contributed by atoms with Crippen LogP contribution in [0, 0.1) is 13.8 Å². The SMILES string of the molecule is Cc1cc([C@](C)(O)CNC(=O)c2ccc[nH]c2=O)c(C)o1. The normalized spacial score (nSPS) is 13.7. The van der Waals surface area contributed by atoms with Crippen LogP contribution in [0.15, 0.2) is 33.6 Å². The predicted molar refractivity (Wildman–Crippen MR) is 77.1 cm³/mol. The van der Waals surface area contributed by atoms with E-state index in [1.807, 2.05) is 0 Å². The van der Waals surface area contributed by atoms with Gasteiger partial charge < -0.3 is 19.8 Å². The molecule has 3 N–H and O–H groups in total. The Labute approximate surface area is 121 Å². The summed E-state index contributed by atoms with van der Waals surface area (Å²) in [5, 5.41) is 13.0. The van der Waals surface area contributed by atoms with E-state index in [0.717, 1.165) is 0 Å². The molecule has 0 aliphatic carbocycles. The van der Waals surface area contributed by atoms with Crippen LogP contribution in [0.1, 0.15) is 34.4 Å². The second-order valence-corrected chi connectivity index (χ2v) is 5.20. The van der Waals surface area contributed by atoms with E-state index in [1.54, 1.807) is 32.9 Å². The van der Waals surface area contributed by atoms with Crippen LogP contribution in [0.3, 0.4) is 0 Å². The van der Waals surface area contributed by atoms with Gasteiger partial charge in [-0.1, -0.05) is 0 Å². The zero-order valence-electron chi connectivity index (χ0n) is 12.2. The van der Waals surface area contributed by atoms with Crippen molar-refractivity contribution in [3.05, 3.63) is 57.4 Å². The monoisotopic (exact) mass is 290 g/mol. The Balaban J connectivity index is 2.12. The van der Waals surface area contributed by atoms with Gasteiger partial charge in [0.1, 0.15) is 22.7 Å². The third-order valence-electron chi connectivity index (χ3n) is 3.28. The molecule has 1 atom stereocenters.